The van der Waals surface area contributed by atoms with E-state index in [9.17, 15) is 0 Å². The fourth-order valence-electron chi connectivity index (χ4n) is 1.93. The lowest BCUT2D eigenvalue weighted by Gasteiger charge is -2.29. The van der Waals surface area contributed by atoms with Crippen molar-refractivity contribution in [1.82, 2.24) is 5.32 Å². The van der Waals surface area contributed by atoms with E-state index in [1.165, 1.54) is 38.5 Å². The lowest BCUT2D eigenvalue weighted by molar-refractivity contribution is 0.133. The molecule has 1 aliphatic carbocycles. The zero-order valence-corrected chi connectivity index (χ0v) is 8.36. The van der Waals surface area contributed by atoms with Crippen molar-refractivity contribution < 1.29 is 4.74 Å². The largest absolute Gasteiger partial charge is 0.370 e. The van der Waals surface area contributed by atoms with Crippen LogP contribution in [0.25, 0.3) is 0 Å². The minimum atomic E-state index is 0.340. The Kier molecular flexibility index (Phi) is 4.02. The quantitative estimate of drug-likeness (QED) is 0.519. The lowest BCUT2D eigenvalue weighted by Crippen LogP contribution is -2.42. The van der Waals surface area contributed by atoms with Gasteiger partial charge in [0.25, 0.3) is 0 Å². The van der Waals surface area contributed by atoms with Crippen LogP contribution in [0.3, 0.4) is 0 Å². The van der Waals surface area contributed by atoms with Gasteiger partial charge in [0.15, 0.2) is 0 Å². The standard InChI is InChI=1S/C10H21NO/c1-10(11-9-12-2)7-5-3-4-6-8-10/h11H,3-9H2,1-2H3. The number of hydrogen-bond donors (Lipinski definition) is 1. The monoisotopic (exact) mass is 171 g/mol. The summed E-state index contributed by atoms with van der Waals surface area (Å²) in [6, 6.07) is 0. The summed E-state index contributed by atoms with van der Waals surface area (Å²) in [5, 5.41) is 3.47. The van der Waals surface area contributed by atoms with Gasteiger partial charge in [-0.15, -0.1) is 0 Å². The van der Waals surface area contributed by atoms with Gasteiger partial charge in [0.1, 0.15) is 0 Å². The van der Waals surface area contributed by atoms with Gasteiger partial charge in [0, 0.05) is 12.6 Å². The maximum atomic E-state index is 5.04. The Hall–Kier alpha value is -0.0800. The number of methoxy groups -OCH3 is 1. The van der Waals surface area contributed by atoms with Crippen LogP contribution < -0.4 is 5.32 Å². The summed E-state index contributed by atoms with van der Waals surface area (Å²) in [7, 11) is 1.74. The molecule has 0 bridgehead atoms. The second kappa shape index (κ2) is 4.83. The van der Waals surface area contributed by atoms with Crippen LogP contribution in [0.1, 0.15) is 45.4 Å². The highest BCUT2D eigenvalue weighted by Gasteiger charge is 2.24. The fraction of sp³-hybridized carbons (Fsp3) is 1.00. The molecule has 0 aromatic carbocycles. The zero-order chi connectivity index (χ0) is 8.86. The van der Waals surface area contributed by atoms with E-state index in [0.717, 1.165) is 0 Å². The molecule has 1 N–H and O–H groups in total. The Bertz CT molecular complexity index is 117. The van der Waals surface area contributed by atoms with Gasteiger partial charge in [0.05, 0.1) is 6.73 Å². The second-order valence-electron chi connectivity index (χ2n) is 4.08. The van der Waals surface area contributed by atoms with Crippen molar-refractivity contribution in [2.75, 3.05) is 13.8 Å². The minimum absolute atomic E-state index is 0.340. The Balaban J connectivity index is 2.32. The van der Waals surface area contributed by atoms with Crippen LogP contribution in [0.15, 0.2) is 0 Å². The number of nitrogens with one attached hydrogen (secondary N) is 1. The molecule has 0 aromatic rings. The van der Waals surface area contributed by atoms with Crippen LogP contribution in [0.4, 0.5) is 0 Å². The molecular weight excluding hydrogens is 150 g/mol. The first kappa shape index (κ1) is 10.0. The molecule has 1 fully saturated rings. The molecule has 0 aliphatic heterocycles. The normalized spacial score (nSPS) is 23.5. The Morgan fingerprint density at radius 2 is 1.75 bits per heavy atom. The molecule has 1 saturated carbocycles. The summed E-state index contributed by atoms with van der Waals surface area (Å²) in [5.74, 6) is 0. The number of hydrogen-bond acceptors (Lipinski definition) is 2. The van der Waals surface area contributed by atoms with Crippen LogP contribution in [0, 0.1) is 0 Å². The molecule has 0 aromatic heterocycles. The smallest absolute Gasteiger partial charge is 0.0965 e. The third-order valence-corrected chi connectivity index (χ3v) is 2.85. The van der Waals surface area contributed by atoms with Gasteiger partial charge in [-0.25, -0.2) is 0 Å². The average molecular weight is 171 g/mol. The molecule has 0 unspecified atom stereocenters. The Morgan fingerprint density at radius 3 is 2.25 bits per heavy atom. The molecule has 2 heteroatoms. The third kappa shape index (κ3) is 3.11. The topological polar surface area (TPSA) is 21.3 Å². The highest BCUT2D eigenvalue weighted by molar-refractivity contribution is 4.83. The zero-order valence-electron chi connectivity index (χ0n) is 8.36. The highest BCUT2D eigenvalue weighted by Crippen LogP contribution is 2.26. The van der Waals surface area contributed by atoms with Crippen molar-refractivity contribution >= 4 is 0 Å². The molecule has 0 saturated heterocycles. The molecule has 1 aliphatic rings. The SMILES string of the molecule is COCNC1(C)CCCCCC1. The summed E-state index contributed by atoms with van der Waals surface area (Å²) in [5.41, 5.74) is 0.340. The van der Waals surface area contributed by atoms with Gasteiger partial charge >= 0.3 is 0 Å². The maximum Gasteiger partial charge on any atom is 0.0965 e. The van der Waals surface area contributed by atoms with Crippen molar-refractivity contribution in [1.29, 1.82) is 0 Å². The summed E-state index contributed by atoms with van der Waals surface area (Å²) in [4.78, 5) is 0. The summed E-state index contributed by atoms with van der Waals surface area (Å²) >= 11 is 0. The summed E-state index contributed by atoms with van der Waals surface area (Å²) in [6.07, 6.45) is 8.15. The predicted molar refractivity (Wildman–Crippen MR) is 51.1 cm³/mol. The molecule has 0 amide bonds. The molecule has 2 nitrogen and oxygen atoms in total. The van der Waals surface area contributed by atoms with Gasteiger partial charge in [-0.1, -0.05) is 25.7 Å². The van der Waals surface area contributed by atoms with E-state index < -0.39 is 0 Å². The second-order valence-corrected chi connectivity index (χ2v) is 4.08. The van der Waals surface area contributed by atoms with E-state index in [2.05, 4.69) is 12.2 Å². The molecule has 0 atom stereocenters. The minimum Gasteiger partial charge on any atom is -0.370 e. The number of rotatable bonds is 3. The molecule has 0 heterocycles. The molecule has 72 valence electrons. The van der Waals surface area contributed by atoms with E-state index in [0.29, 0.717) is 12.3 Å². The van der Waals surface area contributed by atoms with Crippen molar-refractivity contribution in [2.24, 2.45) is 0 Å². The van der Waals surface area contributed by atoms with Gasteiger partial charge in [-0.3, -0.25) is 5.32 Å². The molecule has 0 spiro atoms. The first-order valence-corrected chi connectivity index (χ1v) is 5.01. The van der Waals surface area contributed by atoms with Crippen LogP contribution in [0.2, 0.25) is 0 Å². The van der Waals surface area contributed by atoms with Gasteiger partial charge in [-0.05, 0) is 19.8 Å². The van der Waals surface area contributed by atoms with Crippen LogP contribution >= 0.6 is 0 Å². The van der Waals surface area contributed by atoms with E-state index in [-0.39, 0.29) is 0 Å². The Morgan fingerprint density at radius 1 is 1.17 bits per heavy atom. The predicted octanol–water partition coefficient (Wildman–Crippen LogP) is 2.29. The Labute approximate surface area is 75.7 Å². The summed E-state index contributed by atoms with van der Waals surface area (Å²) < 4.78 is 5.04. The molecule has 1 rings (SSSR count). The lowest BCUT2D eigenvalue weighted by atomic mass is 9.93. The van der Waals surface area contributed by atoms with E-state index >= 15 is 0 Å². The van der Waals surface area contributed by atoms with Crippen LogP contribution in [-0.2, 0) is 4.74 Å². The van der Waals surface area contributed by atoms with E-state index in [1.54, 1.807) is 7.11 Å². The van der Waals surface area contributed by atoms with Crippen molar-refractivity contribution in [3.63, 3.8) is 0 Å². The summed E-state index contributed by atoms with van der Waals surface area (Å²) in [6.45, 7) is 3.01. The third-order valence-electron chi connectivity index (χ3n) is 2.85. The van der Waals surface area contributed by atoms with Crippen molar-refractivity contribution in [3.8, 4) is 0 Å². The first-order valence-electron chi connectivity index (χ1n) is 5.01. The maximum absolute atomic E-state index is 5.04. The van der Waals surface area contributed by atoms with E-state index in [1.807, 2.05) is 0 Å². The highest BCUT2D eigenvalue weighted by atomic mass is 16.5. The van der Waals surface area contributed by atoms with Crippen LogP contribution in [0.5, 0.6) is 0 Å². The van der Waals surface area contributed by atoms with Crippen molar-refractivity contribution in [3.05, 3.63) is 0 Å². The van der Waals surface area contributed by atoms with E-state index in [4.69, 9.17) is 4.74 Å². The van der Waals surface area contributed by atoms with Gasteiger partial charge < -0.3 is 4.74 Å². The first-order chi connectivity index (χ1) is 5.77. The molecule has 0 radical (unpaired) electrons. The van der Waals surface area contributed by atoms with Gasteiger partial charge in [-0.2, -0.15) is 0 Å². The van der Waals surface area contributed by atoms with Gasteiger partial charge in [0.2, 0.25) is 0 Å². The molecular formula is C10H21NO. The number of ether oxygens (including phenoxy) is 1. The van der Waals surface area contributed by atoms with Crippen LogP contribution in [-0.4, -0.2) is 19.4 Å². The average Bonchev–Trinajstić information content (AvgIpc) is 2.27. The molecule has 12 heavy (non-hydrogen) atoms. The fourth-order valence-corrected chi connectivity index (χ4v) is 1.93. The van der Waals surface area contributed by atoms with Crippen molar-refractivity contribution in [2.45, 2.75) is 51.0 Å².